The topological polar surface area (TPSA) is 76.6 Å². The van der Waals surface area contributed by atoms with Crippen molar-refractivity contribution in [2.24, 2.45) is 5.92 Å². The fraction of sp³-hybridized carbons (Fsp3) is 0.458. The maximum absolute atomic E-state index is 14.2. The van der Waals surface area contributed by atoms with Crippen molar-refractivity contribution in [1.82, 2.24) is 9.97 Å². The molecule has 178 valence electrons. The first kappa shape index (κ1) is 24.4. The average Bonchev–Trinajstić information content (AvgIpc) is 2.83. The second kappa shape index (κ2) is 12.1. The number of piperidine rings is 1. The molecule has 9 heteroatoms. The average molecular weight is 461 g/mol. The molecule has 1 aromatic carbocycles. The molecule has 1 aliphatic heterocycles. The number of benzene rings is 1. The van der Waals surface area contributed by atoms with E-state index in [0.29, 0.717) is 12.5 Å². The molecular weight excluding hydrogens is 430 g/mol. The van der Waals surface area contributed by atoms with Gasteiger partial charge in [0, 0.05) is 37.6 Å². The number of anilines is 2. The lowest BCUT2D eigenvalue weighted by Crippen LogP contribution is -2.35. The Morgan fingerprint density at radius 2 is 1.91 bits per heavy atom. The molecule has 2 aromatic rings. The van der Waals surface area contributed by atoms with Crippen LogP contribution in [0.4, 0.5) is 25.2 Å². The zero-order chi connectivity index (χ0) is 23.6. The van der Waals surface area contributed by atoms with Gasteiger partial charge in [-0.3, -0.25) is 5.32 Å². The number of rotatable bonds is 10. The van der Waals surface area contributed by atoms with Gasteiger partial charge < -0.3 is 14.4 Å². The summed E-state index contributed by atoms with van der Waals surface area (Å²) in [5.41, 5.74) is 0.557. The van der Waals surface area contributed by atoms with Gasteiger partial charge in [0.05, 0.1) is 6.61 Å². The predicted molar refractivity (Wildman–Crippen MR) is 123 cm³/mol. The molecule has 1 aromatic heterocycles. The molecule has 0 unspecified atom stereocenters. The van der Waals surface area contributed by atoms with Crippen LogP contribution in [0.1, 0.15) is 38.2 Å². The lowest BCUT2D eigenvalue weighted by Gasteiger charge is -2.32. The van der Waals surface area contributed by atoms with Gasteiger partial charge >= 0.3 is 6.09 Å². The third-order valence-corrected chi connectivity index (χ3v) is 5.60. The lowest BCUT2D eigenvalue weighted by atomic mass is 9.92. The number of hydrogen-bond acceptors (Lipinski definition) is 6. The standard InChI is InChI=1S/C24H30F2N4O3/c1-3-11-33-24(31)29-22-20(25)13-19(14-21(22)26)32-12-5-6-18-7-9-30(10-8-18)23-27-15-17(4-2)16-28-23/h3,13-16,18H,1,4-12H2,2H3,(H,29,31). The van der Waals surface area contributed by atoms with Crippen molar-refractivity contribution < 1.29 is 23.0 Å². The van der Waals surface area contributed by atoms with Crippen LogP contribution in [0.3, 0.4) is 0 Å². The Morgan fingerprint density at radius 1 is 1.24 bits per heavy atom. The van der Waals surface area contributed by atoms with E-state index in [0.717, 1.165) is 68.8 Å². The summed E-state index contributed by atoms with van der Waals surface area (Å²) in [5.74, 6) is -0.423. The number of halogens is 2. The molecule has 7 nitrogen and oxygen atoms in total. The first-order valence-corrected chi connectivity index (χ1v) is 11.2. The number of amides is 1. The second-order valence-corrected chi connectivity index (χ2v) is 7.94. The first-order chi connectivity index (χ1) is 16.0. The van der Waals surface area contributed by atoms with E-state index < -0.39 is 23.4 Å². The van der Waals surface area contributed by atoms with Crippen LogP contribution in [0.25, 0.3) is 0 Å². The Morgan fingerprint density at radius 3 is 2.52 bits per heavy atom. The highest BCUT2D eigenvalue weighted by atomic mass is 19.1. The van der Waals surface area contributed by atoms with Gasteiger partial charge in [-0.2, -0.15) is 0 Å². The minimum Gasteiger partial charge on any atom is -0.493 e. The van der Waals surface area contributed by atoms with E-state index in [1.807, 2.05) is 17.7 Å². The Balaban J connectivity index is 1.39. The van der Waals surface area contributed by atoms with Crippen LogP contribution in [0, 0.1) is 17.6 Å². The molecule has 0 radical (unpaired) electrons. The van der Waals surface area contributed by atoms with Crippen molar-refractivity contribution in [3.63, 3.8) is 0 Å². The molecule has 0 aliphatic carbocycles. The van der Waals surface area contributed by atoms with Crippen molar-refractivity contribution in [3.05, 3.63) is 54.4 Å². The fourth-order valence-corrected chi connectivity index (χ4v) is 3.70. The number of aromatic nitrogens is 2. The van der Waals surface area contributed by atoms with Crippen LogP contribution in [-0.2, 0) is 11.2 Å². The van der Waals surface area contributed by atoms with Gasteiger partial charge in [-0.15, -0.1) is 0 Å². The van der Waals surface area contributed by atoms with Crippen molar-refractivity contribution in [2.75, 3.05) is 36.5 Å². The van der Waals surface area contributed by atoms with Gasteiger partial charge in [0.15, 0.2) is 11.6 Å². The molecule has 1 fully saturated rings. The Bertz CT molecular complexity index is 909. The maximum atomic E-state index is 14.2. The van der Waals surface area contributed by atoms with Gasteiger partial charge in [-0.05, 0) is 43.6 Å². The minimum atomic E-state index is -0.961. The fourth-order valence-electron chi connectivity index (χ4n) is 3.70. The molecular formula is C24H30F2N4O3. The summed E-state index contributed by atoms with van der Waals surface area (Å²) < 4.78 is 38.6. The summed E-state index contributed by atoms with van der Waals surface area (Å²) >= 11 is 0. The van der Waals surface area contributed by atoms with Gasteiger partial charge in [0.1, 0.15) is 18.0 Å². The third kappa shape index (κ3) is 7.13. The summed E-state index contributed by atoms with van der Waals surface area (Å²) in [6.45, 7) is 7.60. The highest BCUT2D eigenvalue weighted by molar-refractivity contribution is 5.85. The third-order valence-electron chi connectivity index (χ3n) is 5.60. The number of carbonyl (C=O) groups is 1. The monoisotopic (exact) mass is 460 g/mol. The van der Waals surface area contributed by atoms with Crippen molar-refractivity contribution in [1.29, 1.82) is 0 Å². The quantitative estimate of drug-likeness (QED) is 0.391. The van der Waals surface area contributed by atoms with Crippen LogP contribution >= 0.6 is 0 Å². The number of hydrogen-bond donors (Lipinski definition) is 1. The summed E-state index contributed by atoms with van der Waals surface area (Å²) in [5, 5.41) is 2.04. The number of aryl methyl sites for hydroxylation is 1. The molecule has 0 spiro atoms. The van der Waals surface area contributed by atoms with E-state index >= 15 is 0 Å². The maximum Gasteiger partial charge on any atom is 0.412 e. The van der Waals surface area contributed by atoms with Gasteiger partial charge in [0.25, 0.3) is 0 Å². The van der Waals surface area contributed by atoms with Crippen molar-refractivity contribution >= 4 is 17.7 Å². The van der Waals surface area contributed by atoms with Crippen LogP contribution in [0.5, 0.6) is 5.75 Å². The summed E-state index contributed by atoms with van der Waals surface area (Å²) in [4.78, 5) is 22.6. The Hall–Kier alpha value is -3.23. The van der Waals surface area contributed by atoms with E-state index in [1.165, 1.54) is 6.08 Å². The summed E-state index contributed by atoms with van der Waals surface area (Å²) in [7, 11) is 0. The van der Waals surface area contributed by atoms with E-state index in [-0.39, 0.29) is 12.4 Å². The molecule has 3 rings (SSSR count). The van der Waals surface area contributed by atoms with Gasteiger partial charge in [-0.1, -0.05) is 19.6 Å². The van der Waals surface area contributed by atoms with E-state index in [4.69, 9.17) is 4.74 Å². The molecule has 0 atom stereocenters. The molecule has 1 aliphatic rings. The number of nitrogens with zero attached hydrogens (tertiary/aromatic N) is 3. The number of carbonyl (C=O) groups excluding carboxylic acids is 1. The molecule has 33 heavy (non-hydrogen) atoms. The van der Waals surface area contributed by atoms with Crippen molar-refractivity contribution in [2.45, 2.75) is 39.0 Å². The molecule has 1 N–H and O–H groups in total. The SMILES string of the molecule is C=CCOC(=O)Nc1c(F)cc(OCCCC2CCN(c3ncc(CC)cn3)CC2)cc1F. The molecule has 1 saturated heterocycles. The first-order valence-electron chi connectivity index (χ1n) is 11.2. The van der Waals surface area contributed by atoms with Crippen LogP contribution in [-0.4, -0.2) is 42.4 Å². The largest absolute Gasteiger partial charge is 0.493 e. The van der Waals surface area contributed by atoms with Gasteiger partial charge in [0.2, 0.25) is 5.95 Å². The minimum absolute atomic E-state index is 0.0604. The molecule has 0 bridgehead atoms. The van der Waals surface area contributed by atoms with Crippen molar-refractivity contribution in [3.8, 4) is 5.75 Å². The van der Waals surface area contributed by atoms with E-state index in [1.54, 1.807) is 0 Å². The van der Waals surface area contributed by atoms with Gasteiger partial charge in [-0.25, -0.2) is 23.5 Å². The summed E-state index contributed by atoms with van der Waals surface area (Å²) in [6, 6.07) is 2.10. The molecule has 0 saturated carbocycles. The zero-order valence-electron chi connectivity index (χ0n) is 18.9. The molecule has 2 heterocycles. The smallest absolute Gasteiger partial charge is 0.412 e. The predicted octanol–water partition coefficient (Wildman–Crippen LogP) is 5.13. The second-order valence-electron chi connectivity index (χ2n) is 7.94. The van der Waals surface area contributed by atoms with E-state index in [2.05, 4.69) is 33.1 Å². The highest BCUT2D eigenvalue weighted by Gasteiger charge is 2.21. The highest BCUT2D eigenvalue weighted by Crippen LogP contribution is 2.27. The van der Waals surface area contributed by atoms with Crippen LogP contribution < -0.4 is 15.0 Å². The normalized spacial score (nSPS) is 14.1. The molecule has 1 amide bonds. The van der Waals surface area contributed by atoms with Crippen LogP contribution in [0.15, 0.2) is 37.2 Å². The Kier molecular flexibility index (Phi) is 8.97. The Labute approximate surface area is 192 Å². The lowest BCUT2D eigenvalue weighted by molar-refractivity contribution is 0.174. The number of ether oxygens (including phenoxy) is 2. The zero-order valence-corrected chi connectivity index (χ0v) is 18.9. The summed E-state index contributed by atoms with van der Waals surface area (Å²) in [6.07, 6.45) is 8.93. The van der Waals surface area contributed by atoms with E-state index in [9.17, 15) is 13.6 Å². The van der Waals surface area contributed by atoms with Crippen LogP contribution in [0.2, 0.25) is 0 Å². The number of nitrogens with one attached hydrogen (secondary N) is 1.